The van der Waals surface area contributed by atoms with Crippen LogP contribution in [0.5, 0.6) is 0 Å². The van der Waals surface area contributed by atoms with Crippen molar-refractivity contribution in [2.75, 3.05) is 0 Å². The van der Waals surface area contributed by atoms with Gasteiger partial charge in [0.25, 0.3) is 0 Å². The molecular weight excluding hydrogens is 311 g/mol. The van der Waals surface area contributed by atoms with Gasteiger partial charge in [0.2, 0.25) is 5.82 Å². The molecule has 2 aromatic heterocycles. The fraction of sp³-hybridized carbons (Fsp3) is 0.133. The third-order valence-electron chi connectivity index (χ3n) is 3.23. The summed E-state index contributed by atoms with van der Waals surface area (Å²) < 4.78 is 42.2. The zero-order valence-electron chi connectivity index (χ0n) is 11.6. The number of halogens is 3. The van der Waals surface area contributed by atoms with E-state index < -0.39 is 17.5 Å². The largest absolute Gasteiger partial charge is 0.439 e. The lowest BCUT2D eigenvalue weighted by Crippen LogP contribution is -2.04. The van der Waals surface area contributed by atoms with E-state index in [-0.39, 0.29) is 5.82 Å². The van der Waals surface area contributed by atoms with Crippen LogP contribution < -0.4 is 5.76 Å². The molecule has 0 aliphatic rings. The van der Waals surface area contributed by atoms with Gasteiger partial charge in [0.15, 0.2) is 0 Å². The number of alkyl halides is 3. The minimum atomic E-state index is -4.36. The fourth-order valence-electron chi connectivity index (χ4n) is 2.16. The van der Waals surface area contributed by atoms with Gasteiger partial charge in [-0.1, -0.05) is 23.4 Å². The number of benzene rings is 1. The molecule has 5 nitrogen and oxygen atoms in total. The van der Waals surface area contributed by atoms with E-state index in [1.54, 1.807) is 12.1 Å². The van der Waals surface area contributed by atoms with Crippen molar-refractivity contribution in [2.45, 2.75) is 12.6 Å². The van der Waals surface area contributed by atoms with E-state index >= 15 is 0 Å². The minimum Gasteiger partial charge on any atom is -0.296 e. The number of H-pyrrole nitrogens is 1. The zero-order chi connectivity index (χ0) is 16.4. The van der Waals surface area contributed by atoms with Gasteiger partial charge in [-0.05, 0) is 35.7 Å². The highest BCUT2D eigenvalue weighted by Gasteiger charge is 2.29. The van der Waals surface area contributed by atoms with Crippen LogP contribution in [-0.4, -0.2) is 15.1 Å². The molecular formula is C15H10F3N3O2. The maximum atomic E-state index is 12.6. The third-order valence-corrected chi connectivity index (χ3v) is 3.23. The quantitative estimate of drug-likeness (QED) is 0.805. The molecule has 0 saturated heterocycles. The maximum Gasteiger partial charge on any atom is 0.439 e. The summed E-state index contributed by atoms with van der Waals surface area (Å²) in [7, 11) is 0. The Hall–Kier alpha value is -2.90. The van der Waals surface area contributed by atoms with Crippen LogP contribution in [0.4, 0.5) is 13.2 Å². The highest BCUT2D eigenvalue weighted by molar-refractivity contribution is 5.54. The monoisotopic (exact) mass is 321 g/mol. The number of aromatic amines is 1. The normalized spacial score (nSPS) is 11.6. The Morgan fingerprint density at radius 1 is 1.13 bits per heavy atom. The van der Waals surface area contributed by atoms with E-state index in [4.69, 9.17) is 0 Å². The molecule has 0 saturated carbocycles. The number of hydrogen-bond donors (Lipinski definition) is 1. The number of rotatable bonds is 3. The van der Waals surface area contributed by atoms with Crippen molar-refractivity contribution in [1.82, 2.24) is 15.1 Å². The van der Waals surface area contributed by atoms with Crippen LogP contribution in [0.25, 0.3) is 11.5 Å². The number of aromatic nitrogens is 3. The topological polar surface area (TPSA) is 71.8 Å². The van der Waals surface area contributed by atoms with Crippen molar-refractivity contribution in [3.63, 3.8) is 0 Å². The molecule has 0 unspecified atom stereocenters. The van der Waals surface area contributed by atoms with Gasteiger partial charge >= 0.3 is 11.9 Å². The summed E-state index contributed by atoms with van der Waals surface area (Å²) in [4.78, 5) is 17.6. The van der Waals surface area contributed by atoms with E-state index in [0.717, 1.165) is 12.1 Å². The second-order valence-corrected chi connectivity index (χ2v) is 4.83. The van der Waals surface area contributed by atoms with Crippen LogP contribution in [0.1, 0.15) is 16.7 Å². The lowest BCUT2D eigenvalue weighted by atomic mass is 10.0. The van der Waals surface area contributed by atoms with Crippen LogP contribution in [0, 0.1) is 0 Å². The van der Waals surface area contributed by atoms with Crippen molar-refractivity contribution < 1.29 is 17.7 Å². The Morgan fingerprint density at radius 2 is 1.87 bits per heavy atom. The molecule has 23 heavy (non-hydrogen) atoms. The van der Waals surface area contributed by atoms with Gasteiger partial charge in [0.1, 0.15) is 5.69 Å². The molecule has 3 aromatic rings. The summed E-state index contributed by atoms with van der Waals surface area (Å²) >= 11 is 0. The van der Waals surface area contributed by atoms with Gasteiger partial charge in [-0.2, -0.15) is 13.2 Å². The zero-order valence-corrected chi connectivity index (χ0v) is 11.6. The summed E-state index contributed by atoms with van der Waals surface area (Å²) in [6, 6.07) is 8.33. The maximum absolute atomic E-state index is 12.6. The van der Waals surface area contributed by atoms with Crippen LogP contribution in [0.3, 0.4) is 0 Å². The highest BCUT2D eigenvalue weighted by Crippen LogP contribution is 2.29. The molecule has 0 aliphatic heterocycles. The van der Waals surface area contributed by atoms with E-state index in [9.17, 15) is 18.0 Å². The molecule has 0 amide bonds. The molecule has 0 aliphatic carbocycles. The Kier molecular flexibility index (Phi) is 3.73. The summed E-state index contributed by atoms with van der Waals surface area (Å²) in [5.41, 5.74) is 1.10. The Bertz CT molecular complexity index is 866. The smallest absolute Gasteiger partial charge is 0.296 e. The first kappa shape index (κ1) is 15.0. The first-order valence-corrected chi connectivity index (χ1v) is 6.60. The van der Waals surface area contributed by atoms with Gasteiger partial charge in [0.05, 0.1) is 5.56 Å². The summed E-state index contributed by atoms with van der Waals surface area (Å²) in [5.74, 6) is -0.524. The molecule has 0 radical (unpaired) electrons. The van der Waals surface area contributed by atoms with Crippen molar-refractivity contribution in [2.24, 2.45) is 0 Å². The predicted octanol–water partition coefficient (Wildman–Crippen LogP) is 3.03. The van der Waals surface area contributed by atoms with E-state index in [2.05, 4.69) is 19.6 Å². The number of nitrogens with one attached hydrogen (secondary N) is 1. The van der Waals surface area contributed by atoms with Crippen LogP contribution in [0.2, 0.25) is 0 Å². The molecule has 1 N–H and O–H groups in total. The van der Waals surface area contributed by atoms with Crippen molar-refractivity contribution >= 4 is 0 Å². The first-order chi connectivity index (χ1) is 10.9. The van der Waals surface area contributed by atoms with E-state index in [1.807, 2.05) is 0 Å². The van der Waals surface area contributed by atoms with Crippen LogP contribution >= 0.6 is 0 Å². The third kappa shape index (κ3) is 3.31. The SMILES string of the molecule is O=c1[nH]c(-c2ncccc2Cc2ccc(C(F)(F)F)cc2)no1. The van der Waals surface area contributed by atoms with Crippen molar-refractivity contribution in [1.29, 1.82) is 0 Å². The summed E-state index contributed by atoms with van der Waals surface area (Å²) in [5, 5.41) is 3.58. The lowest BCUT2D eigenvalue weighted by Gasteiger charge is -2.09. The Labute approximate surface area is 127 Å². The Morgan fingerprint density at radius 3 is 2.48 bits per heavy atom. The van der Waals surface area contributed by atoms with E-state index in [1.165, 1.54) is 18.3 Å². The van der Waals surface area contributed by atoms with Gasteiger partial charge in [-0.3, -0.25) is 14.5 Å². The summed E-state index contributed by atoms with van der Waals surface area (Å²) in [6.07, 6.45) is -2.49. The molecule has 0 bridgehead atoms. The second kappa shape index (κ2) is 5.71. The Balaban J connectivity index is 1.90. The van der Waals surface area contributed by atoms with Crippen molar-refractivity contribution in [3.05, 3.63) is 69.8 Å². The molecule has 2 heterocycles. The first-order valence-electron chi connectivity index (χ1n) is 6.60. The fourth-order valence-corrected chi connectivity index (χ4v) is 2.16. The lowest BCUT2D eigenvalue weighted by molar-refractivity contribution is -0.137. The summed E-state index contributed by atoms with van der Waals surface area (Å²) in [6.45, 7) is 0. The average molecular weight is 321 g/mol. The van der Waals surface area contributed by atoms with Gasteiger partial charge in [-0.15, -0.1) is 0 Å². The molecule has 0 fully saturated rings. The number of nitrogens with zero attached hydrogens (tertiary/aromatic N) is 2. The molecule has 0 atom stereocenters. The molecule has 3 rings (SSSR count). The predicted molar refractivity (Wildman–Crippen MR) is 74.6 cm³/mol. The average Bonchev–Trinajstić information content (AvgIpc) is 2.94. The van der Waals surface area contributed by atoms with Gasteiger partial charge < -0.3 is 0 Å². The molecule has 0 spiro atoms. The highest BCUT2D eigenvalue weighted by atomic mass is 19.4. The van der Waals surface area contributed by atoms with Gasteiger partial charge in [-0.25, -0.2) is 4.79 Å². The van der Waals surface area contributed by atoms with Gasteiger partial charge in [0, 0.05) is 6.20 Å². The minimum absolute atomic E-state index is 0.178. The van der Waals surface area contributed by atoms with Crippen LogP contribution in [-0.2, 0) is 12.6 Å². The molecule has 8 heteroatoms. The molecule has 118 valence electrons. The second-order valence-electron chi connectivity index (χ2n) is 4.83. The van der Waals surface area contributed by atoms with E-state index in [0.29, 0.717) is 23.2 Å². The number of hydrogen-bond acceptors (Lipinski definition) is 4. The van der Waals surface area contributed by atoms with Crippen molar-refractivity contribution in [3.8, 4) is 11.5 Å². The van der Waals surface area contributed by atoms with Crippen LogP contribution in [0.15, 0.2) is 51.9 Å². The standard InChI is InChI=1S/C15H10F3N3O2/c16-15(17,18)11-5-3-9(4-6-11)8-10-2-1-7-19-12(10)13-20-14(22)23-21-13/h1-7H,8H2,(H,20,21,22). The molecule has 1 aromatic carbocycles. The number of pyridine rings is 1.